The van der Waals surface area contributed by atoms with Crippen LogP contribution < -0.4 is 5.32 Å². The molecule has 3 heteroatoms. The molecule has 0 saturated heterocycles. The maximum atomic E-state index is 12.7. The summed E-state index contributed by atoms with van der Waals surface area (Å²) in [5.74, 6) is 2.31. The van der Waals surface area contributed by atoms with E-state index < -0.39 is 0 Å². The molecule has 0 aliphatic heterocycles. The van der Waals surface area contributed by atoms with Crippen LogP contribution in [0.3, 0.4) is 0 Å². The molecular weight excluding hydrogens is 356 g/mol. The molecule has 1 unspecified atom stereocenters. The minimum absolute atomic E-state index is 0.0376. The van der Waals surface area contributed by atoms with Gasteiger partial charge in [-0.25, -0.2) is 0 Å². The Hall–Kier alpha value is -2.68. The highest BCUT2D eigenvalue weighted by Gasteiger charge is 2.22. The molecule has 1 N–H and O–H groups in total. The zero-order valence-electron chi connectivity index (χ0n) is 17.2. The third-order valence-electron chi connectivity index (χ3n) is 6.30. The monoisotopic (exact) mass is 386 g/mol. The van der Waals surface area contributed by atoms with Crippen LogP contribution in [0.4, 0.5) is 5.69 Å². The Balaban J connectivity index is 1.33. The molecule has 2 aromatic rings. The van der Waals surface area contributed by atoms with Crippen LogP contribution in [0.5, 0.6) is 0 Å². The predicted molar refractivity (Wildman–Crippen MR) is 119 cm³/mol. The smallest absolute Gasteiger partial charge is 0.255 e. The van der Waals surface area contributed by atoms with E-state index in [-0.39, 0.29) is 5.91 Å². The molecular formula is C26H30N2O. The summed E-state index contributed by atoms with van der Waals surface area (Å²) in [6.45, 7) is 2.37. The summed E-state index contributed by atoms with van der Waals surface area (Å²) in [5.41, 5.74) is 3.46. The molecule has 0 bridgehead atoms. The maximum Gasteiger partial charge on any atom is 0.255 e. The molecule has 1 saturated carbocycles. The predicted octanol–water partition coefficient (Wildman–Crippen LogP) is 6.41. The van der Waals surface area contributed by atoms with Gasteiger partial charge in [0, 0.05) is 23.0 Å². The molecule has 2 aliphatic carbocycles. The van der Waals surface area contributed by atoms with Crippen LogP contribution in [0.25, 0.3) is 11.3 Å². The third-order valence-corrected chi connectivity index (χ3v) is 6.30. The Bertz CT molecular complexity index is 892. The summed E-state index contributed by atoms with van der Waals surface area (Å²) < 4.78 is 0. The molecule has 29 heavy (non-hydrogen) atoms. The molecule has 1 aromatic carbocycles. The number of carbonyl (C=O) groups is 1. The van der Waals surface area contributed by atoms with E-state index in [1.807, 2.05) is 48.5 Å². The lowest BCUT2D eigenvalue weighted by atomic mass is 9.77. The van der Waals surface area contributed by atoms with E-state index >= 15 is 0 Å². The van der Waals surface area contributed by atoms with Gasteiger partial charge in [-0.1, -0.05) is 69.0 Å². The van der Waals surface area contributed by atoms with E-state index in [0.29, 0.717) is 5.92 Å². The number of anilines is 1. The lowest BCUT2D eigenvalue weighted by Gasteiger charge is -2.29. The summed E-state index contributed by atoms with van der Waals surface area (Å²) in [5, 5.41) is 3.04. The standard InChI is InChI=1S/C26H30N2O/c1-19-8-10-20(11-9-19)17-21-12-14-22(15-13-21)26(29)28-24-6-4-5-23(18-24)25-7-2-3-16-27-25/h2-7,12,14-16,18-21H,8-11,13,17H2,1H3,(H,28,29). The van der Waals surface area contributed by atoms with Gasteiger partial charge in [0.2, 0.25) is 0 Å². The van der Waals surface area contributed by atoms with Gasteiger partial charge in [-0.3, -0.25) is 9.78 Å². The molecule has 1 aromatic heterocycles. The fourth-order valence-corrected chi connectivity index (χ4v) is 4.49. The van der Waals surface area contributed by atoms with Gasteiger partial charge in [-0.15, -0.1) is 0 Å². The summed E-state index contributed by atoms with van der Waals surface area (Å²) >= 11 is 0. The number of carbonyl (C=O) groups excluding carboxylic acids is 1. The first-order valence-electron chi connectivity index (χ1n) is 10.9. The lowest BCUT2D eigenvalue weighted by Crippen LogP contribution is -2.18. The molecule has 2 aliphatic rings. The van der Waals surface area contributed by atoms with Crippen molar-refractivity contribution in [2.45, 2.75) is 45.4 Å². The first-order valence-corrected chi connectivity index (χ1v) is 10.9. The normalized spacial score (nSPS) is 24.0. The van der Waals surface area contributed by atoms with Crippen LogP contribution in [0.1, 0.15) is 45.4 Å². The van der Waals surface area contributed by atoms with Gasteiger partial charge in [0.15, 0.2) is 0 Å². The quantitative estimate of drug-likeness (QED) is 0.645. The number of nitrogens with zero attached hydrogens (tertiary/aromatic N) is 1. The highest BCUT2D eigenvalue weighted by molar-refractivity contribution is 6.06. The minimum Gasteiger partial charge on any atom is -0.322 e. The number of rotatable bonds is 5. The largest absolute Gasteiger partial charge is 0.322 e. The van der Waals surface area contributed by atoms with E-state index in [9.17, 15) is 4.79 Å². The molecule has 0 spiro atoms. The van der Waals surface area contributed by atoms with Gasteiger partial charge in [0.25, 0.3) is 5.91 Å². The van der Waals surface area contributed by atoms with Gasteiger partial charge in [0.1, 0.15) is 0 Å². The van der Waals surface area contributed by atoms with Crippen LogP contribution in [-0.2, 0) is 4.79 Å². The first-order chi connectivity index (χ1) is 14.2. The van der Waals surface area contributed by atoms with Gasteiger partial charge in [-0.2, -0.15) is 0 Å². The number of allylic oxidation sites excluding steroid dienone is 2. The number of benzene rings is 1. The van der Waals surface area contributed by atoms with Crippen LogP contribution in [0.2, 0.25) is 0 Å². The molecule has 150 valence electrons. The average Bonchev–Trinajstić information content (AvgIpc) is 2.77. The first kappa shape index (κ1) is 19.6. The summed E-state index contributed by atoms with van der Waals surface area (Å²) in [6, 6.07) is 13.7. The summed E-state index contributed by atoms with van der Waals surface area (Å²) in [7, 11) is 0. The van der Waals surface area contributed by atoms with Crippen molar-refractivity contribution in [1.82, 2.24) is 4.98 Å². The van der Waals surface area contributed by atoms with Crippen molar-refractivity contribution in [3.8, 4) is 11.3 Å². The fraction of sp³-hybridized carbons (Fsp3) is 0.385. The molecule has 1 fully saturated rings. The van der Waals surface area contributed by atoms with E-state index in [2.05, 4.69) is 29.4 Å². The minimum atomic E-state index is -0.0376. The lowest BCUT2D eigenvalue weighted by molar-refractivity contribution is -0.112. The number of nitrogens with one attached hydrogen (secondary N) is 1. The molecule has 0 radical (unpaired) electrons. The van der Waals surface area contributed by atoms with Crippen LogP contribution in [0.15, 0.2) is 72.5 Å². The number of aromatic nitrogens is 1. The second-order valence-electron chi connectivity index (χ2n) is 8.63. The summed E-state index contributed by atoms with van der Waals surface area (Å²) in [4.78, 5) is 17.1. The highest BCUT2D eigenvalue weighted by atomic mass is 16.1. The average molecular weight is 387 g/mol. The van der Waals surface area contributed by atoms with Gasteiger partial charge in [0.05, 0.1) is 5.69 Å². The van der Waals surface area contributed by atoms with Crippen molar-refractivity contribution < 1.29 is 4.79 Å². The van der Waals surface area contributed by atoms with E-state index in [4.69, 9.17) is 0 Å². The van der Waals surface area contributed by atoms with Crippen molar-refractivity contribution >= 4 is 11.6 Å². The van der Waals surface area contributed by atoms with E-state index in [1.165, 1.54) is 32.1 Å². The topological polar surface area (TPSA) is 42.0 Å². The number of hydrogen-bond acceptors (Lipinski definition) is 2. The third kappa shape index (κ3) is 5.23. The van der Waals surface area contributed by atoms with Crippen molar-refractivity contribution in [3.05, 3.63) is 72.5 Å². The Morgan fingerprint density at radius 2 is 1.97 bits per heavy atom. The second kappa shape index (κ2) is 9.21. The highest BCUT2D eigenvalue weighted by Crippen LogP contribution is 2.34. The SMILES string of the molecule is CC1CCC(CC2C=CC(C(=O)Nc3cccc(-c4ccccn4)c3)=CC2)CC1. The van der Waals surface area contributed by atoms with Crippen LogP contribution in [0, 0.1) is 17.8 Å². The Morgan fingerprint density at radius 3 is 2.69 bits per heavy atom. The Morgan fingerprint density at radius 1 is 1.10 bits per heavy atom. The molecule has 4 rings (SSSR count). The van der Waals surface area contributed by atoms with Crippen molar-refractivity contribution in [1.29, 1.82) is 0 Å². The molecule has 3 nitrogen and oxygen atoms in total. The number of amides is 1. The maximum absolute atomic E-state index is 12.7. The van der Waals surface area contributed by atoms with Crippen molar-refractivity contribution in [2.75, 3.05) is 5.32 Å². The zero-order chi connectivity index (χ0) is 20.1. The number of hydrogen-bond donors (Lipinski definition) is 1. The van der Waals surface area contributed by atoms with Gasteiger partial charge in [-0.05, 0) is 54.9 Å². The molecule has 1 atom stereocenters. The van der Waals surface area contributed by atoms with Crippen molar-refractivity contribution in [2.24, 2.45) is 17.8 Å². The zero-order valence-corrected chi connectivity index (χ0v) is 17.2. The van der Waals surface area contributed by atoms with Gasteiger partial charge >= 0.3 is 0 Å². The van der Waals surface area contributed by atoms with Crippen LogP contribution >= 0.6 is 0 Å². The molecule has 1 amide bonds. The number of pyridine rings is 1. The fourth-order valence-electron chi connectivity index (χ4n) is 4.49. The van der Waals surface area contributed by atoms with Crippen LogP contribution in [-0.4, -0.2) is 10.9 Å². The van der Waals surface area contributed by atoms with E-state index in [1.54, 1.807) is 6.20 Å². The second-order valence-corrected chi connectivity index (χ2v) is 8.63. The Kier molecular flexibility index (Phi) is 6.24. The molecule has 1 heterocycles. The summed E-state index contributed by atoms with van der Waals surface area (Å²) in [6.07, 6.45) is 15.9. The van der Waals surface area contributed by atoms with E-state index in [0.717, 1.165) is 40.8 Å². The van der Waals surface area contributed by atoms with Gasteiger partial charge < -0.3 is 5.32 Å². The van der Waals surface area contributed by atoms with Crippen molar-refractivity contribution in [3.63, 3.8) is 0 Å². The Labute approximate surface area is 174 Å².